The maximum absolute atomic E-state index is 13.6. The zero-order valence-corrected chi connectivity index (χ0v) is 47.4. The Morgan fingerprint density at radius 3 is 1.76 bits per heavy atom. The molecular weight excluding hydrogens is 941 g/mol. The fourth-order valence-corrected chi connectivity index (χ4v) is 201. The Kier molecular flexibility index (Phi) is 24.8. The van der Waals surface area contributed by atoms with E-state index in [1.54, 1.807) is 0 Å². The second kappa shape index (κ2) is 21.9. The summed E-state index contributed by atoms with van der Waals surface area (Å²) in [4.78, 5) is 13.6. The van der Waals surface area contributed by atoms with Crippen LogP contribution in [0.3, 0.4) is 0 Å². The summed E-state index contributed by atoms with van der Waals surface area (Å²) in [6.45, 7) is 7.36. The number of Topliss-reactive ketones (excluding diaryl/α,β-unsaturated/α-hetero) is 1. The molecule has 0 heterocycles. The minimum absolute atomic E-state index is 0.0221. The molecule has 0 aromatic rings. The summed E-state index contributed by atoms with van der Waals surface area (Å²) in [7, 11) is 36.9. The number of carbonyl (C=O) groups excluding carboxylic acids is 1. The molecule has 41 heavy (non-hydrogen) atoms. The largest absolute Gasteiger partial charge is 0.343 e. The van der Waals surface area contributed by atoms with Crippen molar-refractivity contribution in [3.63, 3.8) is 0 Å². The van der Waals surface area contributed by atoms with Crippen LogP contribution in [-0.2, 0) is 13.8 Å². The van der Waals surface area contributed by atoms with E-state index in [4.69, 9.17) is 9.05 Å². The molecule has 26 heteroatoms. The van der Waals surface area contributed by atoms with E-state index in [2.05, 4.69) is 135 Å². The van der Waals surface area contributed by atoms with Gasteiger partial charge in [-0.1, -0.05) is 37.7 Å². The van der Waals surface area contributed by atoms with Crippen molar-refractivity contribution in [2.45, 2.75) is 59.2 Å². The van der Waals surface area contributed by atoms with Gasteiger partial charge in [-0.25, -0.2) is 0 Å². The molecule has 1 saturated carbocycles. The lowest BCUT2D eigenvalue weighted by molar-refractivity contribution is -0.126. The van der Waals surface area contributed by atoms with Crippen LogP contribution in [0.5, 0.6) is 0 Å². The van der Waals surface area contributed by atoms with E-state index in [9.17, 15) is 4.79 Å². The third-order valence-electron chi connectivity index (χ3n) is 7.11. The first-order chi connectivity index (χ1) is 18.9. The summed E-state index contributed by atoms with van der Waals surface area (Å²) in [6.07, 6.45) is 2.38. The maximum atomic E-state index is 13.6. The molecule has 2 aliphatic rings. The van der Waals surface area contributed by atoms with Crippen LogP contribution >= 0.6 is 186 Å². The number of hydrogen-bond acceptors (Lipinski definition) is 3. The molecule has 240 valence electrons. The third-order valence-corrected chi connectivity index (χ3v) is 128. The molecular formula is C15H47O3P23. The van der Waals surface area contributed by atoms with Gasteiger partial charge in [-0.2, -0.15) is 0 Å². The van der Waals surface area contributed by atoms with Gasteiger partial charge in [-0.3, -0.25) is 4.79 Å². The minimum atomic E-state index is -0.669. The summed E-state index contributed by atoms with van der Waals surface area (Å²) in [5, 5.41) is 0. The van der Waals surface area contributed by atoms with Crippen molar-refractivity contribution < 1.29 is 13.8 Å². The number of fused-ring (bicyclic) bond motifs is 2. The van der Waals surface area contributed by atoms with Gasteiger partial charge >= 0.3 is 0 Å². The summed E-state index contributed by atoms with van der Waals surface area (Å²) in [5.41, 5.74) is 2.73. The lowest BCUT2D eigenvalue weighted by Gasteiger charge is -2.50. The second-order valence-corrected chi connectivity index (χ2v) is 92.9. The van der Waals surface area contributed by atoms with Gasteiger partial charge in [0.05, 0.1) is 27.3 Å². The summed E-state index contributed by atoms with van der Waals surface area (Å²) in [6, 6.07) is 0. The third kappa shape index (κ3) is 13.2. The van der Waals surface area contributed by atoms with E-state index in [1.165, 1.54) is 11.1 Å². The zero-order valence-electron chi connectivity index (χ0n) is 23.6. The van der Waals surface area contributed by atoms with E-state index < -0.39 is 15.1 Å². The molecule has 1 fully saturated rings. The monoisotopic (exact) mass is 988 g/mol. The smallest absolute Gasteiger partial charge is 0.136 e. The van der Waals surface area contributed by atoms with Gasteiger partial charge in [0.25, 0.3) is 0 Å². The Balaban J connectivity index is 2.60. The van der Waals surface area contributed by atoms with Crippen LogP contribution in [0.2, 0.25) is 0 Å². The van der Waals surface area contributed by atoms with E-state index in [0.717, 1.165) is 20.8 Å². The molecule has 0 spiro atoms. The van der Waals surface area contributed by atoms with Crippen molar-refractivity contribution in [1.29, 1.82) is 0 Å². The molecule has 0 N–H and O–H groups in total. The van der Waals surface area contributed by atoms with Crippen molar-refractivity contribution in [2.24, 2.45) is 17.3 Å². The van der Waals surface area contributed by atoms with Gasteiger partial charge < -0.3 is 9.05 Å². The van der Waals surface area contributed by atoms with Crippen molar-refractivity contribution in [3.8, 4) is 0 Å². The molecule has 3 nitrogen and oxygen atoms in total. The van der Waals surface area contributed by atoms with Crippen LogP contribution in [0.1, 0.15) is 47.0 Å². The first-order valence-electron chi connectivity index (χ1n) is 12.1. The first kappa shape index (κ1) is 46.4. The molecule has 2 rings (SSSR count). The van der Waals surface area contributed by atoms with Crippen LogP contribution < -0.4 is 0 Å². The summed E-state index contributed by atoms with van der Waals surface area (Å²) in [5.74, 6) is 0.695. The summed E-state index contributed by atoms with van der Waals surface area (Å²) < 4.78 is 14.6. The zero-order chi connectivity index (χ0) is 31.6. The van der Waals surface area contributed by atoms with Crippen molar-refractivity contribution in [3.05, 3.63) is 11.1 Å². The Morgan fingerprint density at radius 1 is 0.780 bits per heavy atom. The van der Waals surface area contributed by atoms with Gasteiger partial charge in [-0.05, 0) is 84.2 Å². The highest BCUT2D eigenvalue weighted by Gasteiger charge is 2.49. The van der Waals surface area contributed by atoms with E-state index in [0.29, 0.717) is 12.2 Å². The van der Waals surface area contributed by atoms with Crippen LogP contribution in [0, 0.1) is 17.3 Å². The normalized spacial score (nSPS) is 28.9. The van der Waals surface area contributed by atoms with Gasteiger partial charge in [0.2, 0.25) is 0 Å². The average molecular weight is 988 g/mol. The fraction of sp³-hybridized carbons (Fsp3) is 0.800. The average Bonchev–Trinajstić information content (AvgIpc) is 2.83. The standard InChI is InChI=1S/C15H47O3P23/c1-8-5-13(18-33(34(21)22)39(31-19)35(23)24)14-9(2)12(7-10(6-11(8)16)15(14,3)4)17-32(20)40(36(25)26)41(37(27)28)38(29)30/h8,10,12-13,31H,5-7,19-30H2,1-4H3/t8-,10?,12+,13-,32?,33?,39?,40?/m1/s1. The molecule has 0 aromatic heterocycles. The molecule has 2 aliphatic carbocycles. The number of hydrogen-bond donors (Lipinski definition) is 0. The van der Waals surface area contributed by atoms with E-state index >= 15 is 0 Å². The molecule has 18 unspecified atom stereocenters. The van der Waals surface area contributed by atoms with Crippen LogP contribution in [0.15, 0.2) is 11.1 Å². The number of carbonyl (C=O) groups is 1. The second-order valence-electron chi connectivity index (χ2n) is 10.2. The summed E-state index contributed by atoms with van der Waals surface area (Å²) >= 11 is 0. The predicted molar refractivity (Wildman–Crippen MR) is 262 cm³/mol. The highest BCUT2D eigenvalue weighted by atomic mass is 33.3. The van der Waals surface area contributed by atoms with Gasteiger partial charge in [0, 0.05) is 26.3 Å². The van der Waals surface area contributed by atoms with Crippen molar-refractivity contribution >= 4 is 192 Å². The molecule has 0 aromatic carbocycles. The van der Waals surface area contributed by atoms with Crippen LogP contribution in [0.4, 0.5) is 0 Å². The van der Waals surface area contributed by atoms with E-state index in [-0.39, 0.29) is 85.4 Å². The van der Waals surface area contributed by atoms with Gasteiger partial charge in [0.15, 0.2) is 0 Å². The lowest BCUT2D eigenvalue weighted by atomic mass is 9.59. The number of rotatable bonds is 13. The molecule has 21 atom stereocenters. The Labute approximate surface area is 290 Å². The van der Waals surface area contributed by atoms with Gasteiger partial charge in [-0.15, -0.1) is 98.2 Å². The van der Waals surface area contributed by atoms with Gasteiger partial charge in [0.1, 0.15) is 5.78 Å². The lowest BCUT2D eigenvalue weighted by Crippen LogP contribution is -2.45. The van der Waals surface area contributed by atoms with Crippen LogP contribution in [-0.4, -0.2) is 18.0 Å². The molecule has 0 aliphatic heterocycles. The van der Waals surface area contributed by atoms with Crippen LogP contribution in [0.25, 0.3) is 0 Å². The molecule has 0 amide bonds. The topological polar surface area (TPSA) is 35.5 Å². The Hall–Kier alpha value is 9.22. The quantitative estimate of drug-likeness (QED) is 0.136. The SMILES string of the molecule is CC1=C2[C@H](OP(P(P)P)P(PP)P(P)P)C[C@@H](C)C(=O)CC(C[C@@H]1OP(P)P(P(P)P)P(P(P)P)P(P)P)C2(C)C. The molecule has 0 saturated heterocycles. The predicted octanol–water partition coefficient (Wildman–Crippen LogP) is 16.2. The Morgan fingerprint density at radius 2 is 1.32 bits per heavy atom. The first-order valence-corrected chi connectivity index (χ1v) is 52.5. The highest BCUT2D eigenvalue weighted by Crippen LogP contribution is 3.21. The highest BCUT2D eigenvalue weighted by molar-refractivity contribution is 9.25. The minimum Gasteiger partial charge on any atom is -0.343 e. The van der Waals surface area contributed by atoms with E-state index in [1.807, 2.05) is 0 Å². The molecule has 2 bridgehead atoms. The van der Waals surface area contributed by atoms with Crippen molar-refractivity contribution in [1.82, 2.24) is 0 Å². The van der Waals surface area contributed by atoms with Crippen molar-refractivity contribution in [2.75, 3.05) is 0 Å². The Bertz CT molecular complexity index is 892. The molecule has 0 radical (unpaired) electrons. The fourth-order valence-electron chi connectivity index (χ4n) is 5.14. The maximum Gasteiger partial charge on any atom is 0.136 e. The number of ketones is 1.